The summed E-state index contributed by atoms with van der Waals surface area (Å²) in [6.45, 7) is 3.72. The van der Waals surface area contributed by atoms with E-state index in [1.807, 2.05) is 0 Å². The summed E-state index contributed by atoms with van der Waals surface area (Å²) in [6, 6.07) is 4.12. The van der Waals surface area contributed by atoms with Crippen molar-refractivity contribution >= 4 is 11.6 Å². The van der Waals surface area contributed by atoms with Crippen molar-refractivity contribution in [1.82, 2.24) is 10.2 Å². The molecule has 1 heterocycles. The number of H-pyrrole nitrogens is 1. The SMILES string of the molecule is Cc1n[nH]c(C)c1NC(=O)c1cc(C#CCN)ccc1F. The van der Waals surface area contributed by atoms with Crippen LogP contribution in [-0.2, 0) is 0 Å². The first kappa shape index (κ1) is 14.8. The third kappa shape index (κ3) is 3.27. The quantitative estimate of drug-likeness (QED) is 0.735. The Labute approximate surface area is 121 Å². The number of hydrogen-bond acceptors (Lipinski definition) is 3. The van der Waals surface area contributed by atoms with Gasteiger partial charge in [0.1, 0.15) is 5.82 Å². The van der Waals surface area contributed by atoms with E-state index in [-0.39, 0.29) is 12.1 Å². The molecule has 6 heteroatoms. The Morgan fingerprint density at radius 2 is 2.24 bits per heavy atom. The highest BCUT2D eigenvalue weighted by Crippen LogP contribution is 2.18. The van der Waals surface area contributed by atoms with Gasteiger partial charge in [0.05, 0.1) is 29.2 Å². The number of nitrogens with one attached hydrogen (secondary N) is 2. The highest BCUT2D eigenvalue weighted by molar-refractivity contribution is 6.05. The lowest BCUT2D eigenvalue weighted by Crippen LogP contribution is -2.15. The molecule has 2 rings (SSSR count). The van der Waals surface area contributed by atoms with Crippen molar-refractivity contribution in [2.24, 2.45) is 5.73 Å². The molecule has 0 fully saturated rings. The number of nitrogens with zero attached hydrogens (tertiary/aromatic N) is 1. The van der Waals surface area contributed by atoms with Gasteiger partial charge < -0.3 is 11.1 Å². The van der Waals surface area contributed by atoms with Crippen LogP contribution in [0.25, 0.3) is 0 Å². The number of benzene rings is 1. The van der Waals surface area contributed by atoms with E-state index in [2.05, 4.69) is 27.4 Å². The Morgan fingerprint density at radius 3 is 2.86 bits per heavy atom. The molecule has 5 nitrogen and oxygen atoms in total. The van der Waals surface area contributed by atoms with E-state index in [1.165, 1.54) is 18.2 Å². The number of carbonyl (C=O) groups is 1. The largest absolute Gasteiger partial charge is 0.320 e. The average Bonchev–Trinajstić information content (AvgIpc) is 2.78. The van der Waals surface area contributed by atoms with Gasteiger partial charge in [-0.1, -0.05) is 11.8 Å². The summed E-state index contributed by atoms with van der Waals surface area (Å²) < 4.78 is 13.8. The maximum absolute atomic E-state index is 13.8. The number of anilines is 1. The van der Waals surface area contributed by atoms with Crippen molar-refractivity contribution in [3.8, 4) is 11.8 Å². The van der Waals surface area contributed by atoms with E-state index < -0.39 is 11.7 Å². The predicted molar refractivity (Wildman–Crippen MR) is 78.3 cm³/mol. The van der Waals surface area contributed by atoms with Crippen molar-refractivity contribution < 1.29 is 9.18 Å². The molecule has 0 bridgehead atoms. The van der Waals surface area contributed by atoms with E-state index in [9.17, 15) is 9.18 Å². The number of hydrogen-bond donors (Lipinski definition) is 3. The molecule has 0 atom stereocenters. The first-order chi connectivity index (χ1) is 10.0. The molecule has 0 aliphatic heterocycles. The third-order valence-corrected chi connectivity index (χ3v) is 2.91. The Balaban J connectivity index is 2.30. The van der Waals surface area contributed by atoms with Gasteiger partial charge in [0.15, 0.2) is 0 Å². The summed E-state index contributed by atoms with van der Waals surface area (Å²) in [6.07, 6.45) is 0. The molecule has 1 amide bonds. The molecule has 0 saturated carbocycles. The maximum atomic E-state index is 13.8. The minimum absolute atomic E-state index is 0.0705. The van der Waals surface area contributed by atoms with Crippen LogP contribution >= 0.6 is 0 Å². The predicted octanol–water partition coefficient (Wildman–Crippen LogP) is 1.73. The highest BCUT2D eigenvalue weighted by Gasteiger charge is 2.15. The molecule has 2 aromatic rings. The number of aromatic amines is 1. The minimum atomic E-state index is -0.607. The molecule has 0 aliphatic rings. The molecule has 108 valence electrons. The fourth-order valence-electron chi connectivity index (χ4n) is 1.85. The van der Waals surface area contributed by atoms with Crippen LogP contribution in [0.5, 0.6) is 0 Å². The van der Waals surface area contributed by atoms with E-state index in [4.69, 9.17) is 5.73 Å². The Bertz CT molecular complexity index is 720. The summed E-state index contributed by atoms with van der Waals surface area (Å²) in [5.41, 5.74) is 7.66. The van der Waals surface area contributed by atoms with Crippen LogP contribution in [0.4, 0.5) is 10.1 Å². The molecule has 0 radical (unpaired) electrons. The van der Waals surface area contributed by atoms with Crippen LogP contribution in [0.1, 0.15) is 27.3 Å². The van der Waals surface area contributed by atoms with Crippen LogP contribution in [0.3, 0.4) is 0 Å². The number of rotatable bonds is 2. The number of carbonyl (C=O) groups excluding carboxylic acids is 1. The number of nitrogens with two attached hydrogens (primary N) is 1. The Kier molecular flexibility index (Phi) is 4.36. The summed E-state index contributed by atoms with van der Waals surface area (Å²) in [4.78, 5) is 12.2. The maximum Gasteiger partial charge on any atom is 0.258 e. The normalized spacial score (nSPS) is 9.90. The fraction of sp³-hybridized carbons (Fsp3) is 0.200. The third-order valence-electron chi connectivity index (χ3n) is 2.91. The zero-order chi connectivity index (χ0) is 15.4. The van der Waals surface area contributed by atoms with Gasteiger partial charge in [0.25, 0.3) is 5.91 Å². The zero-order valence-corrected chi connectivity index (χ0v) is 11.7. The lowest BCUT2D eigenvalue weighted by Gasteiger charge is -2.06. The van der Waals surface area contributed by atoms with Gasteiger partial charge in [0.2, 0.25) is 0 Å². The van der Waals surface area contributed by atoms with Crippen LogP contribution < -0.4 is 11.1 Å². The van der Waals surface area contributed by atoms with Gasteiger partial charge in [-0.05, 0) is 32.0 Å². The zero-order valence-electron chi connectivity index (χ0n) is 11.7. The first-order valence-electron chi connectivity index (χ1n) is 6.34. The van der Waals surface area contributed by atoms with Gasteiger partial charge in [-0.15, -0.1) is 0 Å². The van der Waals surface area contributed by atoms with Crippen LogP contribution in [0.2, 0.25) is 0 Å². The van der Waals surface area contributed by atoms with Gasteiger partial charge in [0, 0.05) is 5.56 Å². The Morgan fingerprint density at radius 1 is 1.48 bits per heavy atom. The fourth-order valence-corrected chi connectivity index (χ4v) is 1.85. The summed E-state index contributed by atoms with van der Waals surface area (Å²) in [5, 5.41) is 9.38. The van der Waals surface area contributed by atoms with Gasteiger partial charge in [-0.3, -0.25) is 9.89 Å². The standard InChI is InChI=1S/C15H15FN4O/c1-9-14(10(2)20-19-9)18-15(21)12-8-11(4-3-7-17)5-6-13(12)16/h5-6,8H,7,17H2,1-2H3,(H,18,21)(H,19,20). The Hall–Kier alpha value is -2.65. The molecule has 0 saturated heterocycles. The van der Waals surface area contributed by atoms with E-state index in [1.54, 1.807) is 13.8 Å². The summed E-state index contributed by atoms with van der Waals surface area (Å²) in [5.74, 6) is 4.28. The monoisotopic (exact) mass is 286 g/mol. The van der Waals surface area contributed by atoms with E-state index >= 15 is 0 Å². The van der Waals surface area contributed by atoms with E-state index in [0.29, 0.717) is 22.6 Å². The molecule has 0 unspecified atom stereocenters. The van der Waals surface area contributed by atoms with Crippen LogP contribution in [0, 0.1) is 31.5 Å². The van der Waals surface area contributed by atoms with Crippen molar-refractivity contribution in [3.63, 3.8) is 0 Å². The van der Waals surface area contributed by atoms with Gasteiger partial charge in [-0.25, -0.2) is 4.39 Å². The molecule has 0 spiro atoms. The van der Waals surface area contributed by atoms with Gasteiger partial charge >= 0.3 is 0 Å². The van der Waals surface area contributed by atoms with Gasteiger partial charge in [-0.2, -0.15) is 5.10 Å². The second-order valence-corrected chi connectivity index (χ2v) is 4.46. The highest BCUT2D eigenvalue weighted by atomic mass is 19.1. The average molecular weight is 286 g/mol. The topological polar surface area (TPSA) is 83.8 Å². The van der Waals surface area contributed by atoms with Crippen molar-refractivity contribution in [2.45, 2.75) is 13.8 Å². The number of halogens is 1. The molecular weight excluding hydrogens is 271 g/mol. The lowest BCUT2D eigenvalue weighted by atomic mass is 10.1. The smallest absolute Gasteiger partial charge is 0.258 e. The second-order valence-electron chi connectivity index (χ2n) is 4.46. The summed E-state index contributed by atoms with van der Waals surface area (Å²) >= 11 is 0. The number of aromatic nitrogens is 2. The van der Waals surface area contributed by atoms with Crippen molar-refractivity contribution in [1.29, 1.82) is 0 Å². The van der Waals surface area contributed by atoms with Crippen molar-refractivity contribution in [3.05, 3.63) is 46.5 Å². The van der Waals surface area contributed by atoms with Crippen LogP contribution in [-0.4, -0.2) is 22.6 Å². The van der Waals surface area contributed by atoms with Crippen molar-refractivity contribution in [2.75, 3.05) is 11.9 Å². The summed E-state index contributed by atoms with van der Waals surface area (Å²) in [7, 11) is 0. The number of aryl methyl sites for hydroxylation is 2. The first-order valence-corrected chi connectivity index (χ1v) is 6.34. The molecule has 4 N–H and O–H groups in total. The minimum Gasteiger partial charge on any atom is -0.320 e. The molecule has 21 heavy (non-hydrogen) atoms. The van der Waals surface area contributed by atoms with Crippen LogP contribution in [0.15, 0.2) is 18.2 Å². The lowest BCUT2D eigenvalue weighted by molar-refractivity contribution is 0.102. The van der Waals surface area contributed by atoms with E-state index in [0.717, 1.165) is 0 Å². The number of amides is 1. The molecular formula is C15H15FN4O. The second kappa shape index (κ2) is 6.20. The molecule has 1 aromatic carbocycles. The molecule has 1 aromatic heterocycles. The molecule has 0 aliphatic carbocycles.